The SMILES string of the molecule is Cc1nc2c(nc1C)C(=N)NC2=N.O=C(O)c1ccccc1. The van der Waals surface area contributed by atoms with Crippen LogP contribution in [0.4, 0.5) is 0 Å². The van der Waals surface area contributed by atoms with Crippen molar-refractivity contribution in [1.82, 2.24) is 15.3 Å². The molecule has 0 fully saturated rings. The topological polar surface area (TPSA) is 123 Å². The lowest BCUT2D eigenvalue weighted by Gasteiger charge is -2.00. The van der Waals surface area contributed by atoms with Crippen molar-refractivity contribution in [3.63, 3.8) is 0 Å². The number of carboxylic acids is 1. The van der Waals surface area contributed by atoms with E-state index in [-0.39, 0.29) is 11.7 Å². The maximum Gasteiger partial charge on any atom is 0.335 e. The Balaban J connectivity index is 0.000000172. The second-order valence-electron chi connectivity index (χ2n) is 4.64. The molecule has 0 radical (unpaired) electrons. The van der Waals surface area contributed by atoms with E-state index in [0.717, 1.165) is 11.4 Å². The quantitative estimate of drug-likeness (QED) is 0.638. The minimum Gasteiger partial charge on any atom is -0.478 e. The van der Waals surface area contributed by atoms with E-state index in [1.165, 1.54) is 0 Å². The smallest absolute Gasteiger partial charge is 0.335 e. The minimum atomic E-state index is -0.879. The zero-order chi connectivity index (χ0) is 16.3. The summed E-state index contributed by atoms with van der Waals surface area (Å²) >= 11 is 0. The summed E-state index contributed by atoms with van der Waals surface area (Å²) < 4.78 is 0. The van der Waals surface area contributed by atoms with E-state index < -0.39 is 5.97 Å². The number of carboxylic acid groups (broad SMARTS) is 1. The standard InChI is InChI=1S/C8H9N5.C7H6O2/c1-3-4(2)12-6-5(11-3)7(9)13-8(6)10;8-7(9)6-4-2-1-3-5-6/h1-2H3,(H3,9,10,13);1-5H,(H,8,9). The number of nitrogens with zero attached hydrogens (tertiary/aromatic N) is 2. The number of carbonyl (C=O) groups is 1. The molecule has 2 aromatic rings. The molecule has 7 heteroatoms. The number of nitrogens with one attached hydrogen (secondary N) is 3. The molecule has 0 atom stereocenters. The highest BCUT2D eigenvalue weighted by Gasteiger charge is 2.24. The number of hydrogen-bond donors (Lipinski definition) is 4. The summed E-state index contributed by atoms with van der Waals surface area (Å²) in [6.45, 7) is 3.69. The molecule has 1 aliphatic rings. The predicted molar refractivity (Wildman–Crippen MR) is 81.7 cm³/mol. The lowest BCUT2D eigenvalue weighted by molar-refractivity contribution is 0.0697. The Morgan fingerprint density at radius 2 is 1.45 bits per heavy atom. The molecule has 0 amide bonds. The van der Waals surface area contributed by atoms with Crippen LogP contribution in [0.25, 0.3) is 0 Å². The normalized spacial score (nSPS) is 12.1. The second-order valence-corrected chi connectivity index (χ2v) is 4.64. The monoisotopic (exact) mass is 297 g/mol. The maximum atomic E-state index is 10.2. The van der Waals surface area contributed by atoms with Gasteiger partial charge in [-0.05, 0) is 26.0 Å². The molecule has 1 aromatic heterocycles. The largest absolute Gasteiger partial charge is 0.478 e. The first kappa shape index (κ1) is 15.3. The molecule has 0 saturated heterocycles. The van der Waals surface area contributed by atoms with Crippen LogP contribution in [0.2, 0.25) is 0 Å². The predicted octanol–water partition coefficient (Wildman–Crippen LogP) is 1.73. The molecular weight excluding hydrogens is 282 g/mol. The zero-order valence-corrected chi connectivity index (χ0v) is 12.1. The highest BCUT2D eigenvalue weighted by molar-refractivity contribution is 6.21. The molecule has 2 heterocycles. The van der Waals surface area contributed by atoms with E-state index in [9.17, 15) is 4.79 Å². The third kappa shape index (κ3) is 3.14. The Morgan fingerprint density at radius 3 is 1.82 bits per heavy atom. The van der Waals surface area contributed by atoms with Crippen molar-refractivity contribution in [2.24, 2.45) is 0 Å². The summed E-state index contributed by atoms with van der Waals surface area (Å²) in [6, 6.07) is 8.30. The number of rotatable bonds is 1. The molecule has 7 nitrogen and oxygen atoms in total. The summed E-state index contributed by atoms with van der Waals surface area (Å²) in [7, 11) is 0. The number of amidine groups is 2. The lowest BCUT2D eigenvalue weighted by atomic mass is 10.2. The van der Waals surface area contributed by atoms with Crippen LogP contribution >= 0.6 is 0 Å². The van der Waals surface area contributed by atoms with Crippen molar-refractivity contribution in [1.29, 1.82) is 10.8 Å². The third-order valence-electron chi connectivity index (χ3n) is 3.05. The molecule has 0 bridgehead atoms. The van der Waals surface area contributed by atoms with Crippen LogP contribution in [0.3, 0.4) is 0 Å². The van der Waals surface area contributed by atoms with E-state index in [1.54, 1.807) is 30.3 Å². The summed E-state index contributed by atoms with van der Waals surface area (Å²) in [5.74, 6) is -0.554. The first-order valence-electron chi connectivity index (χ1n) is 6.48. The van der Waals surface area contributed by atoms with Gasteiger partial charge in [-0.1, -0.05) is 18.2 Å². The van der Waals surface area contributed by atoms with E-state index in [4.69, 9.17) is 15.9 Å². The fraction of sp³-hybridized carbons (Fsp3) is 0.133. The van der Waals surface area contributed by atoms with Gasteiger partial charge in [0.15, 0.2) is 11.7 Å². The summed E-state index contributed by atoms with van der Waals surface area (Å²) in [4.78, 5) is 18.6. The van der Waals surface area contributed by atoms with Crippen LogP contribution < -0.4 is 5.32 Å². The number of aromatic nitrogens is 2. The summed E-state index contributed by atoms with van der Waals surface area (Å²) in [5, 5.41) is 25.9. The Hall–Kier alpha value is -3.09. The molecule has 0 saturated carbocycles. The van der Waals surface area contributed by atoms with Crippen molar-refractivity contribution < 1.29 is 9.90 Å². The Kier molecular flexibility index (Phi) is 4.26. The van der Waals surface area contributed by atoms with Crippen LogP contribution in [-0.4, -0.2) is 32.7 Å². The van der Waals surface area contributed by atoms with Gasteiger partial charge >= 0.3 is 5.97 Å². The highest BCUT2D eigenvalue weighted by atomic mass is 16.4. The fourth-order valence-corrected chi connectivity index (χ4v) is 1.78. The summed E-state index contributed by atoms with van der Waals surface area (Å²) in [6.07, 6.45) is 0. The van der Waals surface area contributed by atoms with Gasteiger partial charge < -0.3 is 10.4 Å². The molecule has 4 N–H and O–H groups in total. The first-order chi connectivity index (χ1) is 10.4. The number of aromatic carboxylic acids is 1. The first-order valence-corrected chi connectivity index (χ1v) is 6.48. The Labute approximate surface area is 127 Å². The number of fused-ring (bicyclic) bond motifs is 1. The van der Waals surface area contributed by atoms with Crippen molar-refractivity contribution in [3.8, 4) is 0 Å². The van der Waals surface area contributed by atoms with Crippen molar-refractivity contribution in [2.45, 2.75) is 13.8 Å². The molecule has 1 aromatic carbocycles. The van der Waals surface area contributed by atoms with E-state index in [0.29, 0.717) is 17.0 Å². The molecule has 0 aliphatic carbocycles. The van der Waals surface area contributed by atoms with Gasteiger partial charge in [0.1, 0.15) is 11.4 Å². The average Bonchev–Trinajstić information content (AvgIpc) is 2.76. The van der Waals surface area contributed by atoms with Crippen molar-refractivity contribution in [2.75, 3.05) is 0 Å². The van der Waals surface area contributed by atoms with Crippen LogP contribution in [0.15, 0.2) is 30.3 Å². The van der Waals surface area contributed by atoms with Crippen LogP contribution in [0, 0.1) is 24.7 Å². The van der Waals surface area contributed by atoms with Gasteiger partial charge in [0, 0.05) is 0 Å². The molecule has 0 spiro atoms. The van der Waals surface area contributed by atoms with Gasteiger partial charge in [0.05, 0.1) is 17.0 Å². The summed E-state index contributed by atoms with van der Waals surface area (Å²) in [5.41, 5.74) is 2.90. The van der Waals surface area contributed by atoms with Crippen molar-refractivity contribution >= 4 is 17.6 Å². The van der Waals surface area contributed by atoms with Gasteiger partial charge in [-0.2, -0.15) is 0 Å². The van der Waals surface area contributed by atoms with Crippen LogP contribution in [0.5, 0.6) is 0 Å². The number of benzene rings is 1. The van der Waals surface area contributed by atoms with Gasteiger partial charge in [0.25, 0.3) is 0 Å². The lowest BCUT2D eigenvalue weighted by Crippen LogP contribution is -2.20. The van der Waals surface area contributed by atoms with Crippen molar-refractivity contribution in [3.05, 3.63) is 58.7 Å². The highest BCUT2D eigenvalue weighted by Crippen LogP contribution is 2.12. The van der Waals surface area contributed by atoms with Gasteiger partial charge in [-0.25, -0.2) is 14.8 Å². The van der Waals surface area contributed by atoms with E-state index >= 15 is 0 Å². The van der Waals surface area contributed by atoms with E-state index in [1.807, 2.05) is 13.8 Å². The zero-order valence-electron chi connectivity index (χ0n) is 12.1. The maximum absolute atomic E-state index is 10.2. The van der Waals surface area contributed by atoms with E-state index in [2.05, 4.69) is 15.3 Å². The van der Waals surface area contributed by atoms with Crippen LogP contribution in [0.1, 0.15) is 33.1 Å². The molecular formula is C15H15N5O2. The third-order valence-corrected chi connectivity index (χ3v) is 3.05. The van der Waals surface area contributed by atoms with Gasteiger partial charge in [-0.3, -0.25) is 10.8 Å². The number of aryl methyl sites for hydroxylation is 2. The molecule has 1 aliphatic heterocycles. The van der Waals surface area contributed by atoms with Gasteiger partial charge in [0.2, 0.25) is 0 Å². The second kappa shape index (κ2) is 6.13. The Bertz CT molecular complexity index is 717. The molecule has 22 heavy (non-hydrogen) atoms. The fourth-order valence-electron chi connectivity index (χ4n) is 1.78. The van der Waals surface area contributed by atoms with Crippen LogP contribution in [-0.2, 0) is 0 Å². The number of hydrogen-bond acceptors (Lipinski definition) is 5. The minimum absolute atomic E-state index is 0.163. The Morgan fingerprint density at radius 1 is 1.00 bits per heavy atom. The molecule has 0 unspecified atom stereocenters. The van der Waals surface area contributed by atoms with Gasteiger partial charge in [-0.15, -0.1) is 0 Å². The molecule has 3 rings (SSSR count). The average molecular weight is 297 g/mol. The molecule has 112 valence electrons.